The summed E-state index contributed by atoms with van der Waals surface area (Å²) in [5.41, 5.74) is 0. The summed E-state index contributed by atoms with van der Waals surface area (Å²) in [6.45, 7) is 6.61. The van der Waals surface area contributed by atoms with Crippen LogP contribution in [-0.4, -0.2) is 37.2 Å². The molecule has 0 radical (unpaired) electrons. The first kappa shape index (κ1) is 65.4. The predicted octanol–water partition coefficient (Wildman–Crippen LogP) is 19.8. The maximum absolute atomic E-state index is 12.8. The second kappa shape index (κ2) is 57.0. The summed E-state index contributed by atoms with van der Waals surface area (Å²) in [6, 6.07) is 0. The summed E-state index contributed by atoms with van der Waals surface area (Å²) in [7, 11) is 0. The molecule has 0 aliphatic rings. The van der Waals surface area contributed by atoms with Crippen molar-refractivity contribution in [3.05, 3.63) is 48.6 Å². The van der Waals surface area contributed by atoms with E-state index in [1.165, 1.54) is 199 Å². The van der Waals surface area contributed by atoms with Crippen molar-refractivity contribution in [1.82, 2.24) is 0 Å². The van der Waals surface area contributed by atoms with Gasteiger partial charge in [-0.2, -0.15) is 0 Å². The molecule has 0 aliphatic carbocycles. The minimum Gasteiger partial charge on any atom is -0.462 e. The summed E-state index contributed by atoms with van der Waals surface area (Å²) in [6.07, 6.45) is 69.8. The van der Waals surface area contributed by atoms with Gasteiger partial charge in [-0.1, -0.05) is 256 Å². The molecule has 0 fully saturated rings. The van der Waals surface area contributed by atoms with Crippen LogP contribution >= 0.6 is 0 Å². The van der Waals surface area contributed by atoms with Gasteiger partial charge in [-0.15, -0.1) is 0 Å². The molecule has 0 amide bonds. The first-order valence-corrected chi connectivity index (χ1v) is 29.6. The van der Waals surface area contributed by atoms with E-state index in [2.05, 4.69) is 69.4 Å². The van der Waals surface area contributed by atoms with Gasteiger partial charge in [0.05, 0.1) is 0 Å². The van der Waals surface area contributed by atoms with E-state index in [1.54, 1.807) is 0 Å². The van der Waals surface area contributed by atoms with E-state index in [0.717, 1.165) is 70.6 Å². The normalized spacial score (nSPS) is 12.3. The average Bonchev–Trinajstić information content (AvgIpc) is 3.34. The van der Waals surface area contributed by atoms with E-state index in [-0.39, 0.29) is 31.1 Å². The maximum atomic E-state index is 12.8. The van der Waals surface area contributed by atoms with E-state index < -0.39 is 6.10 Å². The van der Waals surface area contributed by atoms with Crippen LogP contribution in [0.25, 0.3) is 0 Å². The van der Waals surface area contributed by atoms with Crippen LogP contribution in [0.2, 0.25) is 0 Å². The van der Waals surface area contributed by atoms with E-state index in [0.29, 0.717) is 19.3 Å². The van der Waals surface area contributed by atoms with Crippen LogP contribution in [0.4, 0.5) is 0 Å². The average molecular weight is 954 g/mol. The number of hydrogen-bond donors (Lipinski definition) is 0. The highest BCUT2D eigenvalue weighted by molar-refractivity contribution is 5.71. The van der Waals surface area contributed by atoms with Crippen LogP contribution in [0, 0.1) is 0 Å². The molecular weight excluding hydrogens is 841 g/mol. The molecule has 68 heavy (non-hydrogen) atoms. The third-order valence-corrected chi connectivity index (χ3v) is 13.1. The highest BCUT2D eigenvalue weighted by Gasteiger charge is 2.19. The molecule has 0 aromatic carbocycles. The Morgan fingerprint density at radius 1 is 0.294 bits per heavy atom. The fourth-order valence-corrected chi connectivity index (χ4v) is 8.56. The summed E-state index contributed by atoms with van der Waals surface area (Å²) in [4.78, 5) is 38.0. The molecule has 0 aromatic heterocycles. The first-order chi connectivity index (χ1) is 33.5. The van der Waals surface area contributed by atoms with Crippen molar-refractivity contribution in [3.63, 3.8) is 0 Å². The Morgan fingerprint density at radius 2 is 0.529 bits per heavy atom. The summed E-state index contributed by atoms with van der Waals surface area (Å²) >= 11 is 0. The molecule has 6 heteroatoms. The van der Waals surface area contributed by atoms with Crippen molar-refractivity contribution in [3.8, 4) is 0 Å². The maximum Gasteiger partial charge on any atom is 0.306 e. The third kappa shape index (κ3) is 54.3. The molecule has 396 valence electrons. The highest BCUT2D eigenvalue weighted by atomic mass is 16.6. The molecule has 0 N–H and O–H groups in total. The van der Waals surface area contributed by atoms with E-state index in [4.69, 9.17) is 14.2 Å². The molecular formula is C62H112O6. The van der Waals surface area contributed by atoms with E-state index >= 15 is 0 Å². The van der Waals surface area contributed by atoms with Crippen molar-refractivity contribution in [1.29, 1.82) is 0 Å². The van der Waals surface area contributed by atoms with Gasteiger partial charge in [-0.3, -0.25) is 14.4 Å². The van der Waals surface area contributed by atoms with Crippen LogP contribution < -0.4 is 0 Å². The first-order valence-electron chi connectivity index (χ1n) is 29.6. The van der Waals surface area contributed by atoms with E-state index in [1.807, 2.05) is 0 Å². The van der Waals surface area contributed by atoms with Crippen LogP contribution in [0.1, 0.15) is 310 Å². The minimum atomic E-state index is -0.773. The number of allylic oxidation sites excluding steroid dienone is 8. The Kier molecular flexibility index (Phi) is 54.8. The lowest BCUT2D eigenvalue weighted by Crippen LogP contribution is -2.30. The van der Waals surface area contributed by atoms with Crippen LogP contribution in [0.5, 0.6) is 0 Å². The summed E-state index contributed by atoms with van der Waals surface area (Å²) in [5.74, 6) is -0.876. The van der Waals surface area contributed by atoms with Crippen molar-refractivity contribution in [2.45, 2.75) is 316 Å². The Morgan fingerprint density at radius 3 is 0.838 bits per heavy atom. The standard InChI is InChI=1S/C62H112O6/c1-4-7-10-13-16-18-20-22-24-26-28-29-30-31-32-33-34-36-37-39-41-43-46-49-52-55-61(64)67-58-59(57-66-60(63)54-51-48-45-15-12-9-6-3)68-62(65)56-53-50-47-44-42-40-38-35-27-25-23-21-19-17-14-11-8-5-2/h20,22,25-28,30-31,59H,4-19,21,23-24,29,32-58H2,1-3H3/b22-20-,27-25-,28-26-,31-30-. The molecule has 0 saturated heterocycles. The van der Waals surface area contributed by atoms with Crippen molar-refractivity contribution >= 4 is 17.9 Å². The number of unbranched alkanes of at least 4 members (excludes halogenated alkanes) is 35. The zero-order valence-electron chi connectivity index (χ0n) is 45.4. The SMILES string of the molecule is CCCCCCC/C=C\C/C=C\C/C=C\CCCCCCCCCCCCC(=O)OCC(COC(=O)CCCCCCCCC)OC(=O)CCCCCCCCC/C=C\CCCCCCCCC. The van der Waals surface area contributed by atoms with Gasteiger partial charge in [0.25, 0.3) is 0 Å². The number of carbonyl (C=O) groups is 3. The van der Waals surface area contributed by atoms with Gasteiger partial charge in [0, 0.05) is 19.3 Å². The number of carbonyl (C=O) groups excluding carboxylic acids is 3. The molecule has 0 saturated carbocycles. The number of esters is 3. The topological polar surface area (TPSA) is 78.9 Å². The molecule has 1 atom stereocenters. The van der Waals surface area contributed by atoms with Crippen molar-refractivity contribution in [2.24, 2.45) is 0 Å². The number of hydrogen-bond acceptors (Lipinski definition) is 6. The Bertz CT molecular complexity index is 1190. The minimum absolute atomic E-state index is 0.0741. The lowest BCUT2D eigenvalue weighted by Gasteiger charge is -2.18. The van der Waals surface area contributed by atoms with Crippen LogP contribution in [0.15, 0.2) is 48.6 Å². The molecule has 0 rings (SSSR count). The van der Waals surface area contributed by atoms with Crippen molar-refractivity contribution < 1.29 is 28.6 Å². The van der Waals surface area contributed by atoms with Crippen LogP contribution in [-0.2, 0) is 28.6 Å². The fourth-order valence-electron chi connectivity index (χ4n) is 8.56. The second-order valence-electron chi connectivity index (χ2n) is 19.9. The summed E-state index contributed by atoms with van der Waals surface area (Å²) < 4.78 is 16.8. The number of ether oxygens (including phenoxy) is 3. The molecule has 0 spiro atoms. The van der Waals surface area contributed by atoms with E-state index in [9.17, 15) is 14.4 Å². The zero-order chi connectivity index (χ0) is 49.3. The lowest BCUT2D eigenvalue weighted by atomic mass is 10.1. The quantitative estimate of drug-likeness (QED) is 0.0262. The monoisotopic (exact) mass is 953 g/mol. The third-order valence-electron chi connectivity index (χ3n) is 13.1. The van der Waals surface area contributed by atoms with Gasteiger partial charge >= 0.3 is 17.9 Å². The Labute approximate surface area is 422 Å². The molecule has 0 heterocycles. The van der Waals surface area contributed by atoms with Gasteiger partial charge in [0.2, 0.25) is 0 Å². The van der Waals surface area contributed by atoms with Gasteiger partial charge in [-0.25, -0.2) is 0 Å². The number of rotatable bonds is 54. The van der Waals surface area contributed by atoms with Crippen LogP contribution in [0.3, 0.4) is 0 Å². The lowest BCUT2D eigenvalue weighted by molar-refractivity contribution is -0.167. The van der Waals surface area contributed by atoms with Crippen molar-refractivity contribution in [2.75, 3.05) is 13.2 Å². The zero-order valence-corrected chi connectivity index (χ0v) is 45.4. The summed E-state index contributed by atoms with van der Waals surface area (Å²) in [5, 5.41) is 0. The smallest absolute Gasteiger partial charge is 0.306 e. The van der Waals surface area contributed by atoms with Gasteiger partial charge < -0.3 is 14.2 Å². The Hall–Kier alpha value is -2.63. The van der Waals surface area contributed by atoms with Gasteiger partial charge in [0.1, 0.15) is 13.2 Å². The van der Waals surface area contributed by atoms with Gasteiger partial charge in [-0.05, 0) is 83.5 Å². The molecule has 0 bridgehead atoms. The molecule has 0 aromatic rings. The van der Waals surface area contributed by atoms with Gasteiger partial charge in [0.15, 0.2) is 6.10 Å². The molecule has 6 nitrogen and oxygen atoms in total. The molecule has 1 unspecified atom stereocenters. The highest BCUT2D eigenvalue weighted by Crippen LogP contribution is 2.16. The second-order valence-corrected chi connectivity index (χ2v) is 19.9. The fraction of sp³-hybridized carbons (Fsp3) is 0.823. The Balaban J connectivity index is 4.16. The molecule has 0 aliphatic heterocycles. The predicted molar refractivity (Wildman–Crippen MR) is 293 cm³/mol. The largest absolute Gasteiger partial charge is 0.462 e.